The van der Waals surface area contributed by atoms with E-state index in [4.69, 9.17) is 4.74 Å². The van der Waals surface area contributed by atoms with Crippen molar-refractivity contribution in [1.82, 2.24) is 15.2 Å². The van der Waals surface area contributed by atoms with Crippen LogP contribution < -0.4 is 10.1 Å². The maximum absolute atomic E-state index is 6.39. The molecule has 0 saturated carbocycles. The minimum atomic E-state index is 0.326. The first kappa shape index (κ1) is 16.6. The smallest absolute Gasteiger partial charge is 0.127 e. The Kier molecular flexibility index (Phi) is 4.99. The highest BCUT2D eigenvalue weighted by Crippen LogP contribution is 2.34. The fourth-order valence-electron chi connectivity index (χ4n) is 4.00. The lowest BCUT2D eigenvalue weighted by atomic mass is 9.95. The van der Waals surface area contributed by atoms with Crippen LogP contribution in [-0.4, -0.2) is 35.6 Å². The second-order valence-corrected chi connectivity index (χ2v) is 7.30. The maximum Gasteiger partial charge on any atom is 0.127 e. The molecule has 4 nitrogen and oxygen atoms in total. The van der Waals surface area contributed by atoms with Crippen molar-refractivity contribution in [2.24, 2.45) is 0 Å². The van der Waals surface area contributed by atoms with E-state index in [2.05, 4.69) is 58.5 Å². The van der Waals surface area contributed by atoms with Gasteiger partial charge in [-0.25, -0.2) is 0 Å². The number of nitrogens with zero attached hydrogens (tertiary/aromatic N) is 2. The van der Waals surface area contributed by atoms with Gasteiger partial charge in [0.2, 0.25) is 0 Å². The van der Waals surface area contributed by atoms with Crippen LogP contribution in [0.3, 0.4) is 0 Å². The summed E-state index contributed by atoms with van der Waals surface area (Å²) in [5, 5.41) is 3.40. The number of ether oxygens (including phenoxy) is 1. The molecule has 1 fully saturated rings. The summed E-state index contributed by atoms with van der Waals surface area (Å²) in [6, 6.07) is 12.8. The van der Waals surface area contributed by atoms with Gasteiger partial charge in [0.25, 0.3) is 0 Å². The Bertz CT molecular complexity index is 698. The summed E-state index contributed by atoms with van der Waals surface area (Å²) < 4.78 is 6.39. The van der Waals surface area contributed by atoms with Gasteiger partial charge in [0, 0.05) is 37.3 Å². The van der Waals surface area contributed by atoms with Crippen LogP contribution in [0, 0.1) is 0 Å². The molecule has 1 aromatic heterocycles. The fraction of sp³-hybridized carbons (Fsp3) is 0.476. The van der Waals surface area contributed by atoms with Crippen LogP contribution in [0.1, 0.15) is 42.5 Å². The van der Waals surface area contributed by atoms with E-state index in [-0.39, 0.29) is 0 Å². The highest BCUT2D eigenvalue weighted by atomic mass is 16.5. The molecule has 132 valence electrons. The van der Waals surface area contributed by atoms with Crippen LogP contribution >= 0.6 is 0 Å². The van der Waals surface area contributed by atoms with Gasteiger partial charge in [-0.2, -0.15) is 0 Å². The number of hydrogen-bond donors (Lipinski definition) is 1. The lowest BCUT2D eigenvalue weighted by Gasteiger charge is -2.34. The van der Waals surface area contributed by atoms with E-state index >= 15 is 0 Å². The summed E-state index contributed by atoms with van der Waals surface area (Å²) in [5.41, 5.74) is 3.87. The quantitative estimate of drug-likeness (QED) is 0.929. The van der Waals surface area contributed by atoms with E-state index in [1.807, 2.05) is 6.20 Å². The monoisotopic (exact) mass is 337 g/mol. The Morgan fingerprint density at radius 1 is 1.16 bits per heavy atom. The van der Waals surface area contributed by atoms with Gasteiger partial charge in [0.05, 0.1) is 5.69 Å². The lowest BCUT2D eigenvalue weighted by Crippen LogP contribution is -2.36. The molecule has 1 unspecified atom stereocenters. The van der Waals surface area contributed by atoms with Crippen LogP contribution in [0.5, 0.6) is 5.75 Å². The summed E-state index contributed by atoms with van der Waals surface area (Å²) >= 11 is 0. The predicted molar refractivity (Wildman–Crippen MR) is 99.7 cm³/mol. The minimum absolute atomic E-state index is 0.326. The summed E-state index contributed by atoms with van der Waals surface area (Å²) in [7, 11) is 0. The van der Waals surface area contributed by atoms with Gasteiger partial charge in [0.1, 0.15) is 11.9 Å². The van der Waals surface area contributed by atoms with E-state index in [0.29, 0.717) is 12.0 Å². The Morgan fingerprint density at radius 3 is 2.76 bits per heavy atom. The molecule has 4 rings (SSSR count). The Morgan fingerprint density at radius 2 is 1.96 bits per heavy atom. The van der Waals surface area contributed by atoms with Crippen LogP contribution in [0.4, 0.5) is 0 Å². The Hall–Kier alpha value is -1.91. The number of fused-ring (bicyclic) bond motifs is 1. The van der Waals surface area contributed by atoms with Crippen LogP contribution in [0.2, 0.25) is 0 Å². The number of pyridine rings is 1. The van der Waals surface area contributed by atoms with Crippen molar-refractivity contribution in [2.45, 2.75) is 44.9 Å². The van der Waals surface area contributed by atoms with Gasteiger partial charge in [-0.15, -0.1) is 0 Å². The average Bonchev–Trinajstić information content (AvgIpc) is 2.64. The molecule has 1 N–H and O–H groups in total. The molecular formula is C21H27N3O. The Labute approximate surface area is 150 Å². The number of nitrogens with one attached hydrogen (secondary N) is 1. The van der Waals surface area contributed by atoms with Crippen molar-refractivity contribution in [3.8, 4) is 5.75 Å². The highest BCUT2D eigenvalue weighted by molar-refractivity contribution is 5.39. The zero-order chi connectivity index (χ0) is 17.1. The fourth-order valence-corrected chi connectivity index (χ4v) is 4.00. The van der Waals surface area contributed by atoms with Crippen molar-refractivity contribution in [3.63, 3.8) is 0 Å². The molecule has 0 radical (unpaired) electrons. The third kappa shape index (κ3) is 3.86. The minimum Gasteiger partial charge on any atom is -0.490 e. The second kappa shape index (κ2) is 7.54. The molecule has 1 saturated heterocycles. The first-order chi connectivity index (χ1) is 12.3. The molecule has 0 aliphatic carbocycles. The normalized spacial score (nSPS) is 21.7. The van der Waals surface area contributed by atoms with E-state index in [1.54, 1.807) is 0 Å². The molecule has 25 heavy (non-hydrogen) atoms. The van der Waals surface area contributed by atoms with E-state index in [9.17, 15) is 0 Å². The SMILES string of the molecule is CC1CN(Cc2ccccc2)Cc2c(OC3CCNCC3)ccnc21. The van der Waals surface area contributed by atoms with Crippen molar-refractivity contribution in [2.75, 3.05) is 19.6 Å². The van der Waals surface area contributed by atoms with Gasteiger partial charge < -0.3 is 10.1 Å². The number of rotatable bonds is 4. The highest BCUT2D eigenvalue weighted by Gasteiger charge is 2.27. The Balaban J connectivity index is 1.53. The summed E-state index contributed by atoms with van der Waals surface area (Å²) in [4.78, 5) is 7.19. The van der Waals surface area contributed by atoms with Gasteiger partial charge >= 0.3 is 0 Å². The molecule has 0 amide bonds. The number of aromatic nitrogens is 1. The van der Waals surface area contributed by atoms with Crippen molar-refractivity contribution >= 4 is 0 Å². The summed E-state index contributed by atoms with van der Waals surface area (Å²) in [5.74, 6) is 1.48. The van der Waals surface area contributed by atoms with Crippen molar-refractivity contribution in [3.05, 3.63) is 59.4 Å². The van der Waals surface area contributed by atoms with Gasteiger partial charge in [-0.1, -0.05) is 37.3 Å². The average molecular weight is 337 g/mol. The van der Waals surface area contributed by atoms with Crippen LogP contribution in [0.25, 0.3) is 0 Å². The largest absolute Gasteiger partial charge is 0.490 e. The third-order valence-electron chi connectivity index (χ3n) is 5.26. The number of piperidine rings is 1. The zero-order valence-electron chi connectivity index (χ0n) is 14.9. The number of hydrogen-bond acceptors (Lipinski definition) is 4. The van der Waals surface area contributed by atoms with Crippen molar-refractivity contribution in [1.29, 1.82) is 0 Å². The van der Waals surface area contributed by atoms with Crippen molar-refractivity contribution < 1.29 is 4.74 Å². The number of benzene rings is 1. The van der Waals surface area contributed by atoms with E-state index < -0.39 is 0 Å². The zero-order valence-corrected chi connectivity index (χ0v) is 14.9. The molecule has 3 heterocycles. The lowest BCUT2D eigenvalue weighted by molar-refractivity contribution is 0.153. The molecule has 0 bridgehead atoms. The first-order valence-electron chi connectivity index (χ1n) is 9.41. The summed E-state index contributed by atoms with van der Waals surface area (Å²) in [6.07, 6.45) is 4.41. The molecule has 1 aromatic carbocycles. The second-order valence-electron chi connectivity index (χ2n) is 7.30. The molecule has 2 aromatic rings. The predicted octanol–water partition coefficient (Wildman–Crippen LogP) is 3.33. The molecule has 2 aliphatic rings. The third-order valence-corrected chi connectivity index (χ3v) is 5.26. The molecule has 1 atom stereocenters. The molecule has 4 heteroatoms. The summed E-state index contributed by atoms with van der Waals surface area (Å²) in [6.45, 7) is 7.32. The van der Waals surface area contributed by atoms with Crippen LogP contribution in [0.15, 0.2) is 42.6 Å². The molecule has 2 aliphatic heterocycles. The molecule has 0 spiro atoms. The molecular weight excluding hydrogens is 310 g/mol. The maximum atomic E-state index is 6.39. The van der Waals surface area contributed by atoms with Gasteiger partial charge in [-0.05, 0) is 37.6 Å². The first-order valence-corrected chi connectivity index (χ1v) is 9.41. The van der Waals surface area contributed by atoms with Crippen LogP contribution in [-0.2, 0) is 13.1 Å². The van der Waals surface area contributed by atoms with E-state index in [1.165, 1.54) is 16.8 Å². The van der Waals surface area contributed by atoms with E-state index in [0.717, 1.165) is 51.3 Å². The van der Waals surface area contributed by atoms with Gasteiger partial charge in [0.15, 0.2) is 0 Å². The standard InChI is InChI=1S/C21H27N3O/c1-16-13-24(14-17-5-3-2-4-6-17)15-19-20(9-12-23-21(16)19)25-18-7-10-22-11-8-18/h2-6,9,12,16,18,22H,7-8,10-11,13-15H2,1H3. The van der Waals surface area contributed by atoms with Gasteiger partial charge in [-0.3, -0.25) is 9.88 Å². The topological polar surface area (TPSA) is 37.4 Å².